The van der Waals surface area contributed by atoms with Crippen LogP contribution in [-0.4, -0.2) is 19.9 Å². The van der Waals surface area contributed by atoms with Gasteiger partial charge in [-0.3, -0.25) is 10.1 Å². The molecule has 0 unspecified atom stereocenters. The quantitative estimate of drug-likeness (QED) is 0.551. The highest BCUT2D eigenvalue weighted by atomic mass is 16.6. The lowest BCUT2D eigenvalue weighted by molar-refractivity contribution is -0.384. The molecule has 0 atom stereocenters. The minimum atomic E-state index is -0.427. The summed E-state index contributed by atoms with van der Waals surface area (Å²) in [6.45, 7) is 0. The Balaban J connectivity index is 2.06. The monoisotopic (exact) mass is 240 g/mol. The number of fused-ring (bicyclic) bond motifs is 1. The summed E-state index contributed by atoms with van der Waals surface area (Å²) in [5.41, 5.74) is 2.32. The van der Waals surface area contributed by atoms with E-state index in [0.717, 1.165) is 11.1 Å². The zero-order valence-corrected chi connectivity index (χ0v) is 9.20. The molecule has 0 amide bonds. The van der Waals surface area contributed by atoms with Crippen molar-refractivity contribution in [2.75, 3.05) is 0 Å². The van der Waals surface area contributed by atoms with E-state index in [1.807, 2.05) is 12.1 Å². The average molecular weight is 240 g/mol. The van der Waals surface area contributed by atoms with Crippen LogP contribution in [0.4, 0.5) is 5.69 Å². The van der Waals surface area contributed by atoms with Gasteiger partial charge in [0.2, 0.25) is 0 Å². The van der Waals surface area contributed by atoms with Gasteiger partial charge in [-0.1, -0.05) is 0 Å². The largest absolute Gasteiger partial charge is 0.323 e. The molecule has 3 aromatic rings. The Morgan fingerprint density at radius 3 is 2.61 bits per heavy atom. The molecule has 0 aliphatic heterocycles. The van der Waals surface area contributed by atoms with E-state index in [1.165, 1.54) is 12.1 Å². The Kier molecular flexibility index (Phi) is 2.26. The van der Waals surface area contributed by atoms with E-state index in [-0.39, 0.29) is 5.69 Å². The summed E-state index contributed by atoms with van der Waals surface area (Å²) in [5.74, 6) is 0.651. The van der Waals surface area contributed by atoms with Gasteiger partial charge in [-0.2, -0.15) is 0 Å². The number of nitro benzene ring substituents is 1. The molecule has 2 aromatic heterocycles. The molecule has 0 saturated carbocycles. The van der Waals surface area contributed by atoms with Crippen molar-refractivity contribution in [1.82, 2.24) is 15.0 Å². The molecule has 0 radical (unpaired) electrons. The Hall–Kier alpha value is -2.76. The van der Waals surface area contributed by atoms with E-state index in [1.54, 1.807) is 18.3 Å². The lowest BCUT2D eigenvalue weighted by atomic mass is 10.2. The van der Waals surface area contributed by atoms with Crippen molar-refractivity contribution < 1.29 is 4.92 Å². The van der Waals surface area contributed by atoms with Crippen LogP contribution in [-0.2, 0) is 0 Å². The number of aromatic nitrogens is 3. The first-order valence-electron chi connectivity index (χ1n) is 5.29. The molecule has 0 saturated heterocycles. The summed E-state index contributed by atoms with van der Waals surface area (Å²) in [7, 11) is 0. The number of imidazole rings is 1. The van der Waals surface area contributed by atoms with Gasteiger partial charge in [-0.05, 0) is 24.3 Å². The van der Waals surface area contributed by atoms with E-state index in [4.69, 9.17) is 0 Å². The maximum absolute atomic E-state index is 10.6. The van der Waals surface area contributed by atoms with Crippen LogP contribution in [0.3, 0.4) is 0 Å². The lowest BCUT2D eigenvalue weighted by Gasteiger charge is -1.95. The van der Waals surface area contributed by atoms with Gasteiger partial charge in [0.1, 0.15) is 11.3 Å². The van der Waals surface area contributed by atoms with E-state index >= 15 is 0 Å². The van der Waals surface area contributed by atoms with Crippen LogP contribution < -0.4 is 0 Å². The number of benzene rings is 1. The van der Waals surface area contributed by atoms with Crippen molar-refractivity contribution >= 4 is 16.9 Å². The van der Waals surface area contributed by atoms with Crippen LogP contribution in [0.5, 0.6) is 0 Å². The van der Waals surface area contributed by atoms with Gasteiger partial charge in [0, 0.05) is 23.9 Å². The van der Waals surface area contributed by atoms with Crippen molar-refractivity contribution in [3.63, 3.8) is 0 Å². The second kappa shape index (κ2) is 3.92. The third kappa shape index (κ3) is 1.69. The molecule has 88 valence electrons. The number of hydrogen-bond donors (Lipinski definition) is 1. The van der Waals surface area contributed by atoms with E-state index in [2.05, 4.69) is 15.0 Å². The first-order valence-corrected chi connectivity index (χ1v) is 5.29. The van der Waals surface area contributed by atoms with Gasteiger partial charge in [0.15, 0.2) is 5.65 Å². The molecule has 0 fully saturated rings. The zero-order chi connectivity index (χ0) is 12.5. The molecule has 6 nitrogen and oxygen atoms in total. The number of H-pyrrole nitrogens is 1. The molecule has 2 heterocycles. The van der Waals surface area contributed by atoms with Crippen molar-refractivity contribution in [2.45, 2.75) is 0 Å². The van der Waals surface area contributed by atoms with Crippen LogP contribution in [0.25, 0.3) is 22.6 Å². The number of aromatic amines is 1. The summed E-state index contributed by atoms with van der Waals surface area (Å²) in [6.07, 6.45) is 1.68. The van der Waals surface area contributed by atoms with Crippen LogP contribution >= 0.6 is 0 Å². The molecule has 18 heavy (non-hydrogen) atoms. The van der Waals surface area contributed by atoms with Gasteiger partial charge in [0.05, 0.1) is 4.92 Å². The maximum Gasteiger partial charge on any atom is 0.269 e. The topological polar surface area (TPSA) is 84.7 Å². The van der Waals surface area contributed by atoms with Crippen molar-refractivity contribution in [3.05, 3.63) is 52.7 Å². The fourth-order valence-corrected chi connectivity index (χ4v) is 1.72. The number of pyridine rings is 1. The third-order valence-electron chi connectivity index (χ3n) is 2.61. The summed E-state index contributed by atoms with van der Waals surface area (Å²) < 4.78 is 0. The van der Waals surface area contributed by atoms with Gasteiger partial charge in [0.25, 0.3) is 5.69 Å². The van der Waals surface area contributed by atoms with E-state index in [0.29, 0.717) is 11.5 Å². The number of hydrogen-bond acceptors (Lipinski definition) is 4. The molecule has 1 aromatic carbocycles. The van der Waals surface area contributed by atoms with Crippen molar-refractivity contribution in [3.8, 4) is 11.4 Å². The minimum absolute atomic E-state index is 0.0630. The summed E-state index contributed by atoms with van der Waals surface area (Å²) in [5, 5.41) is 10.6. The molecule has 0 aliphatic carbocycles. The Bertz CT molecular complexity index is 685. The highest BCUT2D eigenvalue weighted by Gasteiger charge is 2.08. The maximum atomic E-state index is 10.6. The molecule has 3 rings (SSSR count). The number of nitrogens with zero attached hydrogens (tertiary/aromatic N) is 3. The third-order valence-corrected chi connectivity index (χ3v) is 2.61. The first kappa shape index (κ1) is 10.4. The van der Waals surface area contributed by atoms with Crippen LogP contribution in [0.2, 0.25) is 0 Å². The Morgan fingerprint density at radius 2 is 1.94 bits per heavy atom. The summed E-state index contributed by atoms with van der Waals surface area (Å²) in [4.78, 5) is 21.7. The first-order chi connectivity index (χ1) is 8.74. The van der Waals surface area contributed by atoms with Gasteiger partial charge in [-0.15, -0.1) is 0 Å². The van der Waals surface area contributed by atoms with Gasteiger partial charge in [-0.25, -0.2) is 9.97 Å². The summed E-state index contributed by atoms with van der Waals surface area (Å²) >= 11 is 0. The zero-order valence-electron chi connectivity index (χ0n) is 9.20. The van der Waals surface area contributed by atoms with E-state index in [9.17, 15) is 10.1 Å². The number of non-ortho nitro benzene ring substituents is 1. The number of nitrogens with one attached hydrogen (secondary N) is 1. The SMILES string of the molecule is O=[N+]([O-])c1ccc(-c2nc3cccnc3[nH]2)cc1. The van der Waals surface area contributed by atoms with Crippen molar-refractivity contribution in [1.29, 1.82) is 0 Å². The molecule has 0 aliphatic rings. The molecule has 1 N–H and O–H groups in total. The predicted octanol–water partition coefficient (Wildman–Crippen LogP) is 2.53. The fraction of sp³-hybridized carbons (Fsp3) is 0. The van der Waals surface area contributed by atoms with Crippen LogP contribution in [0, 0.1) is 10.1 Å². The Labute approximate surface area is 101 Å². The molecular weight excluding hydrogens is 232 g/mol. The summed E-state index contributed by atoms with van der Waals surface area (Å²) in [6, 6.07) is 9.90. The normalized spacial score (nSPS) is 10.7. The molecule has 0 spiro atoms. The molecular formula is C12H8N4O2. The van der Waals surface area contributed by atoms with Crippen LogP contribution in [0.1, 0.15) is 0 Å². The number of nitro groups is 1. The highest BCUT2D eigenvalue weighted by Crippen LogP contribution is 2.21. The van der Waals surface area contributed by atoms with Crippen molar-refractivity contribution in [2.24, 2.45) is 0 Å². The Morgan fingerprint density at radius 1 is 1.17 bits per heavy atom. The standard InChI is InChI=1S/C12H8N4O2/c17-16(18)9-5-3-8(4-6-9)11-14-10-2-1-7-13-12(10)15-11/h1-7H,(H,13,14,15). The molecule has 0 bridgehead atoms. The second-order valence-corrected chi connectivity index (χ2v) is 3.76. The van der Waals surface area contributed by atoms with Gasteiger partial charge < -0.3 is 4.98 Å². The number of rotatable bonds is 2. The minimum Gasteiger partial charge on any atom is -0.323 e. The predicted molar refractivity (Wildman–Crippen MR) is 66.0 cm³/mol. The average Bonchev–Trinajstić information content (AvgIpc) is 2.82. The van der Waals surface area contributed by atoms with E-state index < -0.39 is 4.92 Å². The second-order valence-electron chi connectivity index (χ2n) is 3.76. The van der Waals surface area contributed by atoms with Gasteiger partial charge >= 0.3 is 0 Å². The fourth-order valence-electron chi connectivity index (χ4n) is 1.72. The molecule has 6 heteroatoms. The lowest BCUT2D eigenvalue weighted by Crippen LogP contribution is -1.87. The smallest absolute Gasteiger partial charge is 0.269 e. The highest BCUT2D eigenvalue weighted by molar-refractivity contribution is 5.75. The van der Waals surface area contributed by atoms with Crippen LogP contribution in [0.15, 0.2) is 42.6 Å².